The van der Waals surface area contributed by atoms with E-state index < -0.39 is 21.9 Å². The fourth-order valence-electron chi connectivity index (χ4n) is 2.58. The van der Waals surface area contributed by atoms with E-state index in [0.29, 0.717) is 13.1 Å². The number of nitrogens with one attached hydrogen (secondary N) is 1. The molecule has 0 aliphatic heterocycles. The average Bonchev–Trinajstić information content (AvgIpc) is 3.16. The topological polar surface area (TPSA) is 106 Å². The van der Waals surface area contributed by atoms with Gasteiger partial charge < -0.3 is 4.74 Å². The van der Waals surface area contributed by atoms with Crippen LogP contribution in [0.2, 0.25) is 0 Å². The van der Waals surface area contributed by atoms with Crippen molar-refractivity contribution in [1.29, 1.82) is 0 Å². The SMILES string of the molecule is CCCN(CCC)S(=O)(=O)c1ccc(C(=O)Nc2nc(C(=O)OCC)cs2)cc1. The van der Waals surface area contributed by atoms with Gasteiger partial charge in [0, 0.05) is 24.0 Å². The van der Waals surface area contributed by atoms with Crippen LogP contribution in [0.4, 0.5) is 5.13 Å². The number of ether oxygens (including phenoxy) is 1. The number of anilines is 1. The molecule has 0 radical (unpaired) electrons. The Morgan fingerprint density at radius 2 is 1.72 bits per heavy atom. The lowest BCUT2D eigenvalue weighted by Gasteiger charge is -2.21. The molecule has 0 atom stereocenters. The molecule has 0 fully saturated rings. The van der Waals surface area contributed by atoms with E-state index in [1.165, 1.54) is 34.0 Å². The number of thiazole rings is 1. The van der Waals surface area contributed by atoms with Crippen LogP contribution >= 0.6 is 11.3 Å². The molecule has 1 aromatic heterocycles. The van der Waals surface area contributed by atoms with Crippen molar-refractivity contribution in [2.75, 3.05) is 25.0 Å². The molecule has 0 aliphatic carbocycles. The van der Waals surface area contributed by atoms with Gasteiger partial charge in [0.1, 0.15) is 0 Å². The summed E-state index contributed by atoms with van der Waals surface area (Å²) in [4.78, 5) is 28.2. The molecular weight excluding hydrogens is 414 g/mol. The third kappa shape index (κ3) is 5.84. The zero-order valence-electron chi connectivity index (χ0n) is 16.7. The molecule has 2 aromatic rings. The summed E-state index contributed by atoms with van der Waals surface area (Å²) in [5.74, 6) is -1.000. The van der Waals surface area contributed by atoms with Gasteiger partial charge in [-0.25, -0.2) is 18.2 Å². The van der Waals surface area contributed by atoms with E-state index in [1.807, 2.05) is 13.8 Å². The maximum absolute atomic E-state index is 12.8. The summed E-state index contributed by atoms with van der Waals surface area (Å²) >= 11 is 1.10. The van der Waals surface area contributed by atoms with Crippen molar-refractivity contribution in [3.05, 3.63) is 40.9 Å². The van der Waals surface area contributed by atoms with Crippen molar-refractivity contribution in [2.45, 2.75) is 38.5 Å². The first kappa shape index (κ1) is 23.0. The van der Waals surface area contributed by atoms with Crippen molar-refractivity contribution in [3.8, 4) is 0 Å². The third-order valence-corrected chi connectivity index (χ3v) is 6.58. The number of amides is 1. The van der Waals surface area contributed by atoms with Crippen molar-refractivity contribution in [3.63, 3.8) is 0 Å². The highest BCUT2D eigenvalue weighted by molar-refractivity contribution is 7.89. The predicted molar refractivity (Wildman–Crippen MR) is 112 cm³/mol. The molecule has 10 heteroatoms. The summed E-state index contributed by atoms with van der Waals surface area (Å²) in [6.45, 7) is 6.69. The number of hydrogen-bond donors (Lipinski definition) is 1. The Balaban J connectivity index is 2.11. The predicted octanol–water partition coefficient (Wildman–Crippen LogP) is 3.38. The molecule has 0 unspecified atom stereocenters. The molecule has 0 saturated carbocycles. The number of benzene rings is 1. The Morgan fingerprint density at radius 3 is 2.28 bits per heavy atom. The first-order valence-corrected chi connectivity index (χ1v) is 11.7. The van der Waals surface area contributed by atoms with E-state index in [9.17, 15) is 18.0 Å². The molecule has 0 saturated heterocycles. The molecular formula is C19H25N3O5S2. The highest BCUT2D eigenvalue weighted by Gasteiger charge is 2.23. The van der Waals surface area contributed by atoms with Crippen LogP contribution in [-0.4, -0.2) is 49.3 Å². The van der Waals surface area contributed by atoms with Crippen LogP contribution in [0.1, 0.15) is 54.5 Å². The lowest BCUT2D eigenvalue weighted by molar-refractivity contribution is 0.0520. The standard InChI is InChI=1S/C19H25N3O5S2/c1-4-11-22(12-5-2)29(25,26)15-9-7-14(8-10-15)17(23)21-19-20-16(13-28-19)18(24)27-6-3/h7-10,13H,4-6,11-12H2,1-3H3,(H,20,21,23). The Labute approximate surface area is 175 Å². The number of sulfonamides is 1. The van der Waals surface area contributed by atoms with Gasteiger partial charge in [0.05, 0.1) is 11.5 Å². The van der Waals surface area contributed by atoms with Gasteiger partial charge in [0.25, 0.3) is 5.91 Å². The lowest BCUT2D eigenvalue weighted by atomic mass is 10.2. The Kier molecular flexibility index (Phi) is 8.30. The number of hydrogen-bond acceptors (Lipinski definition) is 7. The van der Waals surface area contributed by atoms with Crippen LogP contribution in [0.5, 0.6) is 0 Å². The summed E-state index contributed by atoms with van der Waals surface area (Å²) in [6, 6.07) is 5.76. The highest BCUT2D eigenvalue weighted by atomic mass is 32.2. The summed E-state index contributed by atoms with van der Waals surface area (Å²) in [5, 5.41) is 4.35. The van der Waals surface area contributed by atoms with E-state index in [1.54, 1.807) is 6.92 Å². The molecule has 1 aromatic carbocycles. The number of carbonyl (C=O) groups excluding carboxylic acids is 2. The number of aromatic nitrogens is 1. The first-order valence-electron chi connectivity index (χ1n) is 9.37. The van der Waals surface area contributed by atoms with Gasteiger partial charge in [-0.1, -0.05) is 13.8 Å². The van der Waals surface area contributed by atoms with Crippen LogP contribution in [0.25, 0.3) is 0 Å². The monoisotopic (exact) mass is 439 g/mol. The molecule has 158 valence electrons. The maximum Gasteiger partial charge on any atom is 0.357 e. The van der Waals surface area contributed by atoms with E-state index in [2.05, 4.69) is 10.3 Å². The first-order chi connectivity index (χ1) is 13.8. The number of rotatable bonds is 10. The summed E-state index contributed by atoms with van der Waals surface area (Å²) in [5.41, 5.74) is 0.412. The summed E-state index contributed by atoms with van der Waals surface area (Å²) in [7, 11) is -3.60. The molecule has 1 amide bonds. The zero-order valence-corrected chi connectivity index (χ0v) is 18.3. The fourth-order valence-corrected chi connectivity index (χ4v) is 4.88. The van der Waals surface area contributed by atoms with Gasteiger partial charge >= 0.3 is 5.97 Å². The number of esters is 1. The quantitative estimate of drug-likeness (QED) is 0.569. The van der Waals surface area contributed by atoms with E-state index in [4.69, 9.17) is 4.74 Å². The van der Waals surface area contributed by atoms with Crippen molar-refractivity contribution >= 4 is 38.4 Å². The number of carbonyl (C=O) groups is 2. The van der Waals surface area contributed by atoms with Crippen LogP contribution < -0.4 is 5.32 Å². The average molecular weight is 440 g/mol. The molecule has 0 bridgehead atoms. The Hall–Kier alpha value is -2.30. The molecule has 2 rings (SSSR count). The molecule has 8 nitrogen and oxygen atoms in total. The third-order valence-electron chi connectivity index (χ3n) is 3.91. The second-order valence-electron chi connectivity index (χ2n) is 6.14. The minimum absolute atomic E-state index is 0.125. The van der Waals surface area contributed by atoms with Crippen LogP contribution in [0, 0.1) is 0 Å². The summed E-state index contributed by atoms with van der Waals surface area (Å²) < 4.78 is 31.9. The number of nitrogens with zero attached hydrogens (tertiary/aromatic N) is 2. The van der Waals surface area contributed by atoms with Gasteiger partial charge in [-0.3, -0.25) is 10.1 Å². The van der Waals surface area contributed by atoms with Gasteiger partial charge in [0.15, 0.2) is 10.8 Å². The van der Waals surface area contributed by atoms with Crippen LogP contribution in [-0.2, 0) is 14.8 Å². The van der Waals surface area contributed by atoms with Crippen LogP contribution in [0.15, 0.2) is 34.5 Å². The largest absolute Gasteiger partial charge is 0.461 e. The highest BCUT2D eigenvalue weighted by Crippen LogP contribution is 2.20. The van der Waals surface area contributed by atoms with Gasteiger partial charge in [-0.2, -0.15) is 4.31 Å². The maximum atomic E-state index is 12.8. The summed E-state index contributed by atoms with van der Waals surface area (Å²) in [6.07, 6.45) is 1.45. The normalized spacial score (nSPS) is 11.4. The second-order valence-corrected chi connectivity index (χ2v) is 8.94. The second kappa shape index (κ2) is 10.5. The smallest absolute Gasteiger partial charge is 0.357 e. The van der Waals surface area contributed by atoms with Gasteiger partial charge in [-0.15, -0.1) is 11.3 Å². The van der Waals surface area contributed by atoms with Crippen LogP contribution in [0.3, 0.4) is 0 Å². The Bertz CT molecular complexity index is 933. The van der Waals surface area contributed by atoms with Crippen molar-refractivity contribution in [1.82, 2.24) is 9.29 Å². The fraction of sp³-hybridized carbons (Fsp3) is 0.421. The van der Waals surface area contributed by atoms with Crippen molar-refractivity contribution < 1.29 is 22.7 Å². The molecule has 0 spiro atoms. The molecule has 1 N–H and O–H groups in total. The van der Waals surface area contributed by atoms with E-state index >= 15 is 0 Å². The minimum atomic E-state index is -3.60. The molecule has 0 aliphatic rings. The van der Waals surface area contributed by atoms with E-state index in [0.717, 1.165) is 24.2 Å². The lowest BCUT2D eigenvalue weighted by Crippen LogP contribution is -2.32. The van der Waals surface area contributed by atoms with Gasteiger partial charge in [-0.05, 0) is 44.0 Å². The molecule has 29 heavy (non-hydrogen) atoms. The van der Waals surface area contributed by atoms with Crippen molar-refractivity contribution in [2.24, 2.45) is 0 Å². The van der Waals surface area contributed by atoms with E-state index in [-0.39, 0.29) is 27.9 Å². The Morgan fingerprint density at radius 1 is 1.10 bits per heavy atom. The molecule has 1 heterocycles. The minimum Gasteiger partial charge on any atom is -0.461 e. The van der Waals surface area contributed by atoms with Gasteiger partial charge in [0.2, 0.25) is 10.0 Å². The zero-order chi connectivity index (χ0) is 21.4.